The zero-order valence-corrected chi connectivity index (χ0v) is 8.25. The topological polar surface area (TPSA) is 93.3 Å². The summed E-state index contributed by atoms with van der Waals surface area (Å²) in [7, 11) is 0. The molecular formula is C8H9N5O2. The Balaban J connectivity index is 2.74. The van der Waals surface area contributed by atoms with Crippen molar-refractivity contribution in [3.05, 3.63) is 17.5 Å². The van der Waals surface area contributed by atoms with Gasteiger partial charge in [0.05, 0.1) is 0 Å². The number of carboxylic acids is 1. The predicted molar refractivity (Wildman–Crippen MR) is 49.6 cm³/mol. The molecule has 7 nitrogen and oxygen atoms in total. The minimum absolute atomic E-state index is 0.0219. The second-order valence-electron chi connectivity index (χ2n) is 3.42. The lowest BCUT2D eigenvalue weighted by molar-refractivity contribution is 0.0686. The molecule has 0 aliphatic carbocycles. The summed E-state index contributed by atoms with van der Waals surface area (Å²) in [4.78, 5) is 15.1. The highest BCUT2D eigenvalue weighted by Gasteiger charge is 2.15. The second-order valence-corrected chi connectivity index (χ2v) is 3.42. The first kappa shape index (κ1) is 9.50. The first-order chi connectivity index (χ1) is 7.09. The van der Waals surface area contributed by atoms with Gasteiger partial charge >= 0.3 is 5.97 Å². The van der Waals surface area contributed by atoms with Crippen LogP contribution in [0.15, 0.2) is 6.07 Å². The third-order valence-electron chi connectivity index (χ3n) is 2.01. The smallest absolute Gasteiger partial charge is 0.354 e. The van der Waals surface area contributed by atoms with Gasteiger partial charge < -0.3 is 5.11 Å². The Morgan fingerprint density at radius 3 is 2.87 bits per heavy atom. The van der Waals surface area contributed by atoms with Gasteiger partial charge in [-0.05, 0) is 22.4 Å². The lowest BCUT2D eigenvalue weighted by atomic mass is 10.1. The van der Waals surface area contributed by atoms with Crippen molar-refractivity contribution in [3.8, 4) is 0 Å². The van der Waals surface area contributed by atoms with Crippen LogP contribution in [0.1, 0.15) is 35.9 Å². The highest BCUT2D eigenvalue weighted by molar-refractivity contribution is 5.86. The summed E-state index contributed by atoms with van der Waals surface area (Å²) in [6, 6.07) is 1.48. The van der Waals surface area contributed by atoms with Crippen molar-refractivity contribution in [2.75, 3.05) is 0 Å². The number of hydrogen-bond acceptors (Lipinski definition) is 5. The Hall–Kier alpha value is -2.05. The molecule has 0 bridgehead atoms. The highest BCUT2D eigenvalue weighted by Crippen LogP contribution is 2.13. The molecule has 7 heteroatoms. The number of carboxylic acid groups (broad SMARTS) is 1. The summed E-state index contributed by atoms with van der Waals surface area (Å²) >= 11 is 0. The van der Waals surface area contributed by atoms with Crippen LogP contribution in [0.25, 0.3) is 5.78 Å². The quantitative estimate of drug-likeness (QED) is 0.763. The van der Waals surface area contributed by atoms with Crippen LogP contribution in [-0.2, 0) is 0 Å². The molecule has 0 aromatic carbocycles. The summed E-state index contributed by atoms with van der Waals surface area (Å²) in [5, 5.41) is 19.5. The summed E-state index contributed by atoms with van der Waals surface area (Å²) in [5.41, 5.74) is 0.684. The minimum atomic E-state index is -1.07. The fourth-order valence-corrected chi connectivity index (χ4v) is 1.21. The van der Waals surface area contributed by atoms with Gasteiger partial charge in [-0.1, -0.05) is 18.9 Å². The molecule has 1 N–H and O–H groups in total. The largest absolute Gasteiger partial charge is 0.477 e. The maximum absolute atomic E-state index is 10.9. The maximum atomic E-state index is 10.9. The molecule has 0 spiro atoms. The van der Waals surface area contributed by atoms with Crippen molar-refractivity contribution in [2.24, 2.45) is 0 Å². The third-order valence-corrected chi connectivity index (χ3v) is 2.01. The van der Waals surface area contributed by atoms with Gasteiger partial charge in [-0.25, -0.2) is 9.78 Å². The normalized spacial score (nSPS) is 11.1. The van der Waals surface area contributed by atoms with E-state index in [-0.39, 0.29) is 17.4 Å². The Morgan fingerprint density at radius 1 is 1.53 bits per heavy atom. The van der Waals surface area contributed by atoms with Crippen LogP contribution in [0.5, 0.6) is 0 Å². The van der Waals surface area contributed by atoms with Crippen LogP contribution < -0.4 is 0 Å². The van der Waals surface area contributed by atoms with E-state index >= 15 is 0 Å². The van der Waals surface area contributed by atoms with Gasteiger partial charge in [0.25, 0.3) is 5.78 Å². The molecular weight excluding hydrogens is 198 g/mol. The number of nitrogens with zero attached hydrogens (tertiary/aromatic N) is 5. The third kappa shape index (κ3) is 1.51. The van der Waals surface area contributed by atoms with Crippen molar-refractivity contribution in [2.45, 2.75) is 19.8 Å². The van der Waals surface area contributed by atoms with Crippen LogP contribution in [0.4, 0.5) is 0 Å². The van der Waals surface area contributed by atoms with E-state index < -0.39 is 5.97 Å². The van der Waals surface area contributed by atoms with Crippen molar-refractivity contribution >= 4 is 11.7 Å². The maximum Gasteiger partial charge on any atom is 0.354 e. The minimum Gasteiger partial charge on any atom is -0.477 e. The van der Waals surface area contributed by atoms with Gasteiger partial charge in [-0.3, -0.25) is 0 Å². The summed E-state index contributed by atoms with van der Waals surface area (Å²) in [6.07, 6.45) is 0. The standard InChI is InChI=1S/C8H9N5O2/c1-4(2)5-3-6(7(14)15)13-8(9-5)10-11-12-13/h3-4H,1-2H3,(H,14,15). The van der Waals surface area contributed by atoms with E-state index in [1.807, 2.05) is 13.8 Å². The summed E-state index contributed by atoms with van der Waals surface area (Å²) in [6.45, 7) is 3.85. The zero-order valence-electron chi connectivity index (χ0n) is 8.25. The van der Waals surface area contributed by atoms with Crippen molar-refractivity contribution in [1.82, 2.24) is 25.0 Å². The fraction of sp³-hybridized carbons (Fsp3) is 0.375. The summed E-state index contributed by atoms with van der Waals surface area (Å²) < 4.78 is 1.11. The molecule has 2 rings (SSSR count). The molecule has 0 amide bonds. The highest BCUT2D eigenvalue weighted by atomic mass is 16.4. The van der Waals surface area contributed by atoms with E-state index in [0.717, 1.165) is 4.52 Å². The number of carbonyl (C=O) groups is 1. The molecule has 0 aliphatic heterocycles. The van der Waals surface area contributed by atoms with E-state index in [1.165, 1.54) is 6.07 Å². The van der Waals surface area contributed by atoms with Crippen LogP contribution in [-0.4, -0.2) is 36.1 Å². The monoisotopic (exact) mass is 207 g/mol. The number of aromatic nitrogens is 5. The van der Waals surface area contributed by atoms with Gasteiger partial charge in [0.15, 0.2) is 5.69 Å². The Morgan fingerprint density at radius 2 is 2.27 bits per heavy atom. The van der Waals surface area contributed by atoms with Gasteiger partial charge in [-0.15, -0.1) is 0 Å². The van der Waals surface area contributed by atoms with Gasteiger partial charge in [0.1, 0.15) is 0 Å². The number of tetrazole rings is 1. The number of rotatable bonds is 2. The number of aromatic carboxylic acids is 1. The average Bonchev–Trinajstić information content (AvgIpc) is 2.62. The molecule has 0 radical (unpaired) electrons. The zero-order chi connectivity index (χ0) is 11.0. The van der Waals surface area contributed by atoms with Gasteiger partial charge in [0, 0.05) is 5.69 Å². The molecule has 0 atom stereocenters. The lowest BCUT2D eigenvalue weighted by Crippen LogP contribution is -2.10. The van der Waals surface area contributed by atoms with Crippen molar-refractivity contribution in [3.63, 3.8) is 0 Å². The molecule has 2 heterocycles. The Kier molecular flexibility index (Phi) is 2.07. The molecule has 78 valence electrons. The van der Waals surface area contributed by atoms with Crippen LogP contribution in [0.2, 0.25) is 0 Å². The fourth-order valence-electron chi connectivity index (χ4n) is 1.21. The van der Waals surface area contributed by atoms with Crippen LogP contribution >= 0.6 is 0 Å². The van der Waals surface area contributed by atoms with E-state index in [2.05, 4.69) is 20.5 Å². The van der Waals surface area contributed by atoms with E-state index in [4.69, 9.17) is 5.11 Å². The SMILES string of the molecule is CC(C)c1cc(C(=O)O)n2nnnc2n1. The Bertz CT molecular complexity index is 519. The van der Waals surface area contributed by atoms with E-state index in [0.29, 0.717) is 5.69 Å². The van der Waals surface area contributed by atoms with Gasteiger partial charge in [-0.2, -0.15) is 4.52 Å². The second kappa shape index (κ2) is 3.26. The molecule has 2 aromatic heterocycles. The Labute approximate surface area is 84.7 Å². The first-order valence-electron chi connectivity index (χ1n) is 4.42. The lowest BCUT2D eigenvalue weighted by Gasteiger charge is -2.05. The molecule has 0 aliphatic rings. The molecule has 0 unspecified atom stereocenters. The van der Waals surface area contributed by atoms with Crippen molar-refractivity contribution in [1.29, 1.82) is 0 Å². The van der Waals surface area contributed by atoms with Crippen LogP contribution in [0, 0.1) is 0 Å². The predicted octanol–water partition coefficient (Wildman–Crippen LogP) is 0.341. The molecule has 2 aromatic rings. The van der Waals surface area contributed by atoms with Gasteiger partial charge in [0.2, 0.25) is 0 Å². The molecule has 0 fully saturated rings. The number of fused-ring (bicyclic) bond motifs is 1. The van der Waals surface area contributed by atoms with E-state index in [1.54, 1.807) is 0 Å². The molecule has 0 saturated heterocycles. The van der Waals surface area contributed by atoms with Crippen molar-refractivity contribution < 1.29 is 9.90 Å². The first-order valence-corrected chi connectivity index (χ1v) is 4.42. The summed E-state index contributed by atoms with van der Waals surface area (Å²) in [5.74, 6) is -0.736. The average molecular weight is 207 g/mol. The molecule has 15 heavy (non-hydrogen) atoms. The number of hydrogen-bond donors (Lipinski definition) is 1. The van der Waals surface area contributed by atoms with E-state index in [9.17, 15) is 4.79 Å². The van der Waals surface area contributed by atoms with Crippen LogP contribution in [0.3, 0.4) is 0 Å². The molecule has 0 saturated carbocycles.